The van der Waals surface area contributed by atoms with Gasteiger partial charge < -0.3 is 33.2 Å². The zero-order valence-electron chi connectivity index (χ0n) is 62.5. The van der Waals surface area contributed by atoms with Crippen LogP contribution in [-0.4, -0.2) is 109 Å². The number of thioether (sulfide) groups is 4. The van der Waals surface area contributed by atoms with E-state index in [-0.39, 0.29) is 118 Å². The van der Waals surface area contributed by atoms with E-state index < -0.39 is 0 Å². The summed E-state index contributed by atoms with van der Waals surface area (Å²) in [5.74, 6) is 16.8. The van der Waals surface area contributed by atoms with Gasteiger partial charge in [-0.3, -0.25) is 0 Å². The number of hydrogen-bond donors (Lipinski definition) is 0. The number of halogens is 1. The van der Waals surface area contributed by atoms with Gasteiger partial charge in [0.1, 0.15) is 0 Å². The topological polar surface area (TPSA) is 64.6 Å². The number of ether oxygens (including phenoxy) is 7. The minimum Gasteiger partial charge on any atom is -0.378 e. The molecule has 0 spiro atoms. The lowest BCUT2D eigenvalue weighted by atomic mass is 9.84. The molecule has 0 radical (unpaired) electrons. The molecule has 0 aromatic carbocycles. The molecule has 0 bridgehead atoms. The Bertz CT molecular complexity index is 1210. The van der Waals surface area contributed by atoms with Crippen LogP contribution < -0.4 is 0 Å². The highest BCUT2D eigenvalue weighted by molar-refractivity contribution is 14.0. The van der Waals surface area contributed by atoms with Crippen LogP contribution in [0.25, 0.3) is 0 Å². The summed E-state index contributed by atoms with van der Waals surface area (Å²) in [6.07, 6.45) is 33.8. The molecule has 2 saturated carbocycles. The second-order valence-corrected chi connectivity index (χ2v) is 36.3. The van der Waals surface area contributed by atoms with Crippen molar-refractivity contribution < 1.29 is 33.2 Å². The Balaban J connectivity index is -0.0000000842. The van der Waals surface area contributed by atoms with Gasteiger partial charge in [-0.05, 0) is 215 Å². The highest BCUT2D eigenvalue weighted by Gasteiger charge is 2.20. The molecule has 11 aliphatic rings. The summed E-state index contributed by atoms with van der Waals surface area (Å²) in [7, 11) is 0. The Kier molecular flexibility index (Phi) is 102. The Morgan fingerprint density at radius 2 is 0.540 bits per heavy atom. The molecule has 100 heavy (non-hydrogen) atoms. The zero-order chi connectivity index (χ0) is 65.8. The van der Waals surface area contributed by atoms with Gasteiger partial charge >= 0.3 is 0 Å². The molecule has 620 valence electrons. The Labute approximate surface area is 671 Å². The molecule has 0 N–H and O–H groups in total. The van der Waals surface area contributed by atoms with Crippen LogP contribution in [0, 0.1) is 76.9 Å². The van der Waals surface area contributed by atoms with Crippen LogP contribution in [0.2, 0.25) is 0 Å². The number of hydrogen-bond acceptors (Lipinski definition) is 11. The largest absolute Gasteiger partial charge is 0.378 e. The van der Waals surface area contributed by atoms with Gasteiger partial charge in [-0.1, -0.05) is 253 Å². The smallest absolute Gasteiger partial charge is 0.154 e. The second kappa shape index (κ2) is 79.9. The lowest BCUT2D eigenvalue weighted by Gasteiger charge is -2.24. The summed E-state index contributed by atoms with van der Waals surface area (Å²) in [5.41, 5.74) is 3.61. The molecular weight excluding hydrogens is 1420 g/mol. The highest BCUT2D eigenvalue weighted by Crippen LogP contribution is 2.33. The van der Waals surface area contributed by atoms with Crippen LogP contribution in [0.4, 0.5) is 0 Å². The third-order valence-electron chi connectivity index (χ3n) is 18.5. The lowest BCUT2D eigenvalue weighted by molar-refractivity contribution is -0.187. The average molecular weight is 1620 g/mol. The molecule has 11 rings (SSSR count). The first kappa shape index (κ1) is 128. The fraction of sp³-hybridized carbons (Fsp3) is 0.955. The first-order valence-corrected chi connectivity index (χ1v) is 41.0. The number of allylic oxidation sites excluding steroid dienone is 4. The normalized spacial score (nSPS) is 33.4. The fourth-order valence-electron chi connectivity index (χ4n) is 10.9. The average Bonchev–Trinajstić information content (AvgIpc) is 2.05. The van der Waals surface area contributed by atoms with Gasteiger partial charge in [0.25, 0.3) is 0 Å². The van der Waals surface area contributed by atoms with E-state index in [1.165, 1.54) is 151 Å². The van der Waals surface area contributed by atoms with Gasteiger partial charge in [0.15, 0.2) is 12.6 Å². The molecule has 10 unspecified atom stereocenters. The van der Waals surface area contributed by atoms with Crippen LogP contribution in [0.15, 0.2) is 23.3 Å². The van der Waals surface area contributed by atoms with Crippen molar-refractivity contribution in [3.8, 4) is 0 Å². The van der Waals surface area contributed by atoms with Gasteiger partial charge in [-0.15, -0.1) is 59.3 Å². The predicted molar refractivity (Wildman–Crippen MR) is 486 cm³/mol. The van der Waals surface area contributed by atoms with Crippen molar-refractivity contribution in [2.75, 3.05) is 69.3 Å². The van der Waals surface area contributed by atoms with Crippen molar-refractivity contribution in [1.29, 1.82) is 0 Å². The summed E-state index contributed by atoms with van der Waals surface area (Å²) in [6.45, 7) is 55.3. The molecule has 10 atom stereocenters. The molecule has 7 saturated heterocycles. The van der Waals surface area contributed by atoms with Crippen LogP contribution in [-0.2, 0) is 33.2 Å². The van der Waals surface area contributed by atoms with E-state index in [4.69, 9.17) is 33.2 Å². The van der Waals surface area contributed by atoms with Gasteiger partial charge in [0.2, 0.25) is 0 Å². The minimum atomic E-state index is 0. The van der Waals surface area contributed by atoms with Crippen molar-refractivity contribution in [2.45, 2.75) is 402 Å². The molecule has 7 nitrogen and oxygen atoms in total. The Morgan fingerprint density at radius 1 is 0.260 bits per heavy atom. The first-order valence-electron chi connectivity index (χ1n) is 36.8. The van der Waals surface area contributed by atoms with E-state index in [9.17, 15) is 0 Å². The predicted octanol–water partition coefficient (Wildman–Crippen LogP) is 31.2. The molecule has 0 aromatic rings. The summed E-state index contributed by atoms with van der Waals surface area (Å²) in [6, 6.07) is 0. The second-order valence-electron chi connectivity index (χ2n) is 30.4. The standard InChI is InChI=1S/2C8H16.2C8H14.2C7H14O.C7H14S.2C6H12O2.C6H12OS.C6H12S2.11CH4.HI/c4*1-7-3-5-8(2)6-4-7;3*1-6-3-4-7(2)8-5-6;4*1-5-3-7-6(2)8-4-5;;;;;;;;;;;;/h2*7-8H,3-6H2,1-2H3;2*3,8H,4-6H2,1-2H3;3*6-7H,3-5H2,1-2H3;4*5-6H,3-4H2,1-2H3;11*1H4;1H. The van der Waals surface area contributed by atoms with Gasteiger partial charge in [-0.25, -0.2) is 0 Å². The van der Waals surface area contributed by atoms with E-state index >= 15 is 0 Å². The maximum atomic E-state index is 5.39. The summed E-state index contributed by atoms with van der Waals surface area (Å²) in [5, 5.41) is 0.936. The van der Waals surface area contributed by atoms with Gasteiger partial charge in [0.05, 0.1) is 50.7 Å². The summed E-state index contributed by atoms with van der Waals surface area (Å²) < 4.78 is 37.7. The molecule has 7 aliphatic heterocycles. The zero-order valence-corrected chi connectivity index (χ0v) is 68.1. The SMILES string of the molecule is C.C.C.C.C.C.C.C.C.C.C.CC1=CCC(C)CC1.CC1=CCC(C)CC1.CC1CCC(C)CC1.CC1CCC(C)CC1.CC1CCC(C)OC1.CC1CCC(C)OC1.CC1CCC(C)SC1.CC1COC(C)OC1.CC1COC(C)OC1.CC1COC(C)SC1.CC1CSC(C)SC1.I. The fourth-order valence-corrected chi connectivity index (χ4v) is 15.3. The van der Waals surface area contributed by atoms with Crippen LogP contribution >= 0.6 is 71.0 Å². The Hall–Kier alpha value is 1.33. The van der Waals surface area contributed by atoms with Crippen molar-refractivity contribution >= 4 is 71.0 Å². The van der Waals surface area contributed by atoms with Crippen molar-refractivity contribution in [3.63, 3.8) is 0 Å². The quantitative estimate of drug-likeness (QED) is 0.172. The highest BCUT2D eigenvalue weighted by atomic mass is 127. The van der Waals surface area contributed by atoms with E-state index in [2.05, 4.69) is 186 Å². The third-order valence-corrected chi connectivity index (χ3v) is 24.7. The lowest BCUT2D eigenvalue weighted by Crippen LogP contribution is -2.27. The summed E-state index contributed by atoms with van der Waals surface area (Å²) in [4.78, 5) is 0. The molecular formula is C88H195IO7S4. The summed E-state index contributed by atoms with van der Waals surface area (Å²) >= 11 is 8.21. The maximum Gasteiger partial charge on any atom is 0.154 e. The molecule has 0 amide bonds. The van der Waals surface area contributed by atoms with Crippen molar-refractivity contribution in [3.05, 3.63) is 23.3 Å². The molecule has 7 heterocycles. The first-order chi connectivity index (χ1) is 41.7. The minimum absolute atomic E-state index is 0. The molecule has 4 aliphatic carbocycles. The van der Waals surface area contributed by atoms with Crippen LogP contribution in [0.5, 0.6) is 0 Å². The number of rotatable bonds is 0. The van der Waals surface area contributed by atoms with Crippen molar-refractivity contribution in [1.82, 2.24) is 0 Å². The van der Waals surface area contributed by atoms with E-state index in [1.807, 2.05) is 25.6 Å². The van der Waals surface area contributed by atoms with Crippen molar-refractivity contribution in [2.24, 2.45) is 76.9 Å². The molecule has 0 aromatic heterocycles. The van der Waals surface area contributed by atoms with E-state index in [0.29, 0.717) is 29.5 Å². The Morgan fingerprint density at radius 3 is 0.740 bits per heavy atom. The molecule has 12 heteroatoms. The monoisotopic (exact) mass is 1620 g/mol. The van der Waals surface area contributed by atoms with Gasteiger partial charge in [0, 0.05) is 40.6 Å². The van der Waals surface area contributed by atoms with E-state index in [1.54, 1.807) is 11.1 Å². The van der Waals surface area contributed by atoms with E-state index in [0.717, 1.165) is 121 Å². The maximum absolute atomic E-state index is 5.39. The third kappa shape index (κ3) is 77.5. The molecule has 9 fully saturated rings. The van der Waals surface area contributed by atoms with Crippen LogP contribution in [0.3, 0.4) is 0 Å². The van der Waals surface area contributed by atoms with Crippen LogP contribution in [0.1, 0.15) is 362 Å². The van der Waals surface area contributed by atoms with Gasteiger partial charge in [-0.2, -0.15) is 11.8 Å².